The highest BCUT2D eigenvalue weighted by molar-refractivity contribution is 5.74. The van der Waals surface area contributed by atoms with Crippen molar-refractivity contribution in [3.63, 3.8) is 0 Å². The van der Waals surface area contributed by atoms with Crippen molar-refractivity contribution >= 4 is 6.03 Å². The third kappa shape index (κ3) is 5.54. The molecule has 2 amide bonds. The van der Waals surface area contributed by atoms with Gasteiger partial charge in [0.2, 0.25) is 0 Å². The zero-order valence-corrected chi connectivity index (χ0v) is 15.1. The molecule has 6 nitrogen and oxygen atoms in total. The molecular formula is C20H26N4O2. The van der Waals surface area contributed by atoms with Gasteiger partial charge in [-0.3, -0.25) is 9.88 Å². The Hall–Kier alpha value is -2.44. The molecule has 2 aromatic rings. The normalized spacial score (nSPS) is 16.0. The lowest BCUT2D eigenvalue weighted by atomic mass is 10.1. The standard InChI is InChI=1S/C20H26N4O2/c1-16(19-6-8-21-9-7-19)23-20(25)22-14-17-2-4-18(5-3-17)15-24-10-12-26-13-11-24/h2-9,16H,10-15H2,1H3,(H2,22,23,25). The van der Waals surface area contributed by atoms with Gasteiger partial charge in [-0.1, -0.05) is 24.3 Å². The summed E-state index contributed by atoms with van der Waals surface area (Å²) >= 11 is 0. The Morgan fingerprint density at radius 3 is 2.46 bits per heavy atom. The first kappa shape index (κ1) is 18.4. The summed E-state index contributed by atoms with van der Waals surface area (Å²) in [5, 5.41) is 5.84. The first-order valence-electron chi connectivity index (χ1n) is 9.03. The van der Waals surface area contributed by atoms with Crippen LogP contribution >= 0.6 is 0 Å². The molecule has 3 rings (SSSR count). The molecule has 0 saturated carbocycles. The van der Waals surface area contributed by atoms with E-state index in [0.29, 0.717) is 6.54 Å². The summed E-state index contributed by atoms with van der Waals surface area (Å²) in [4.78, 5) is 18.5. The number of aromatic nitrogens is 1. The number of hydrogen-bond donors (Lipinski definition) is 2. The van der Waals surface area contributed by atoms with E-state index >= 15 is 0 Å². The van der Waals surface area contributed by atoms with Gasteiger partial charge in [-0.2, -0.15) is 0 Å². The van der Waals surface area contributed by atoms with Gasteiger partial charge in [0.15, 0.2) is 0 Å². The summed E-state index contributed by atoms with van der Waals surface area (Å²) in [6.07, 6.45) is 3.45. The summed E-state index contributed by atoms with van der Waals surface area (Å²) in [5.41, 5.74) is 3.40. The van der Waals surface area contributed by atoms with E-state index in [1.165, 1.54) is 5.56 Å². The summed E-state index contributed by atoms with van der Waals surface area (Å²) < 4.78 is 5.38. The van der Waals surface area contributed by atoms with Crippen LogP contribution in [0.3, 0.4) is 0 Å². The average Bonchev–Trinajstić information content (AvgIpc) is 2.69. The minimum absolute atomic E-state index is 0.0612. The van der Waals surface area contributed by atoms with Crippen molar-refractivity contribution in [2.24, 2.45) is 0 Å². The summed E-state index contributed by atoms with van der Waals surface area (Å²) in [6, 6.07) is 12.0. The molecule has 1 aliphatic rings. The number of hydrogen-bond acceptors (Lipinski definition) is 4. The molecule has 1 aliphatic heterocycles. The first-order chi connectivity index (χ1) is 12.7. The van der Waals surface area contributed by atoms with Crippen LogP contribution in [0.5, 0.6) is 0 Å². The number of carbonyl (C=O) groups is 1. The maximum atomic E-state index is 12.1. The van der Waals surface area contributed by atoms with Crippen LogP contribution in [0.2, 0.25) is 0 Å². The van der Waals surface area contributed by atoms with E-state index in [-0.39, 0.29) is 12.1 Å². The Kier molecular flexibility index (Phi) is 6.57. The van der Waals surface area contributed by atoms with Crippen molar-refractivity contribution in [3.05, 3.63) is 65.5 Å². The highest BCUT2D eigenvalue weighted by atomic mass is 16.5. The van der Waals surface area contributed by atoms with Crippen molar-refractivity contribution in [2.45, 2.75) is 26.1 Å². The molecule has 138 valence electrons. The fraction of sp³-hybridized carbons (Fsp3) is 0.400. The second kappa shape index (κ2) is 9.31. The number of rotatable bonds is 6. The van der Waals surface area contributed by atoms with E-state index in [2.05, 4.69) is 44.8 Å². The monoisotopic (exact) mass is 354 g/mol. The fourth-order valence-corrected chi connectivity index (χ4v) is 2.95. The van der Waals surface area contributed by atoms with E-state index in [9.17, 15) is 4.79 Å². The van der Waals surface area contributed by atoms with Gasteiger partial charge in [0.1, 0.15) is 0 Å². The average molecular weight is 354 g/mol. The van der Waals surface area contributed by atoms with Crippen LogP contribution in [0.15, 0.2) is 48.8 Å². The van der Waals surface area contributed by atoms with Crippen molar-refractivity contribution in [1.82, 2.24) is 20.5 Å². The molecule has 0 radical (unpaired) electrons. The van der Waals surface area contributed by atoms with Gasteiger partial charge >= 0.3 is 6.03 Å². The van der Waals surface area contributed by atoms with Crippen molar-refractivity contribution in [2.75, 3.05) is 26.3 Å². The summed E-state index contributed by atoms with van der Waals surface area (Å²) in [6.45, 7) is 7.01. The lowest BCUT2D eigenvalue weighted by Gasteiger charge is -2.26. The zero-order valence-electron chi connectivity index (χ0n) is 15.1. The number of nitrogens with zero attached hydrogens (tertiary/aromatic N) is 2. The smallest absolute Gasteiger partial charge is 0.315 e. The highest BCUT2D eigenvalue weighted by Crippen LogP contribution is 2.11. The predicted octanol–water partition coefficient (Wildman–Crippen LogP) is 2.47. The van der Waals surface area contributed by atoms with Gasteiger partial charge in [0, 0.05) is 38.6 Å². The highest BCUT2D eigenvalue weighted by Gasteiger charge is 2.11. The third-order valence-electron chi connectivity index (χ3n) is 4.54. The van der Waals surface area contributed by atoms with E-state index in [4.69, 9.17) is 4.74 Å². The van der Waals surface area contributed by atoms with Gasteiger partial charge in [-0.15, -0.1) is 0 Å². The van der Waals surface area contributed by atoms with Gasteiger partial charge in [-0.25, -0.2) is 4.79 Å². The zero-order chi connectivity index (χ0) is 18.2. The number of carbonyl (C=O) groups excluding carboxylic acids is 1. The van der Waals surface area contributed by atoms with Crippen LogP contribution in [0.4, 0.5) is 4.79 Å². The fourth-order valence-electron chi connectivity index (χ4n) is 2.95. The van der Waals surface area contributed by atoms with Crippen LogP contribution in [0, 0.1) is 0 Å². The van der Waals surface area contributed by atoms with Crippen molar-refractivity contribution in [3.8, 4) is 0 Å². The molecule has 2 heterocycles. The van der Waals surface area contributed by atoms with Crippen LogP contribution in [0.1, 0.15) is 29.7 Å². The molecule has 1 unspecified atom stereocenters. The van der Waals surface area contributed by atoms with E-state index in [1.54, 1.807) is 12.4 Å². The minimum atomic E-state index is -0.174. The molecule has 0 spiro atoms. The maximum absolute atomic E-state index is 12.1. The van der Waals surface area contributed by atoms with Gasteiger partial charge in [0.05, 0.1) is 19.3 Å². The molecule has 26 heavy (non-hydrogen) atoms. The van der Waals surface area contributed by atoms with Gasteiger partial charge in [0.25, 0.3) is 0 Å². The Labute approximate surface area is 154 Å². The Bertz CT molecular complexity index is 685. The van der Waals surface area contributed by atoms with Gasteiger partial charge in [-0.05, 0) is 35.7 Å². The van der Waals surface area contributed by atoms with E-state index in [1.807, 2.05) is 19.1 Å². The number of ether oxygens (including phenoxy) is 1. The molecule has 1 fully saturated rings. The lowest BCUT2D eigenvalue weighted by molar-refractivity contribution is 0.0342. The summed E-state index contributed by atoms with van der Waals surface area (Å²) in [5.74, 6) is 0. The lowest BCUT2D eigenvalue weighted by Crippen LogP contribution is -2.36. The van der Waals surface area contributed by atoms with E-state index in [0.717, 1.165) is 44.0 Å². The number of urea groups is 1. The number of benzene rings is 1. The predicted molar refractivity (Wildman–Crippen MR) is 101 cm³/mol. The number of amides is 2. The summed E-state index contributed by atoms with van der Waals surface area (Å²) in [7, 11) is 0. The molecule has 0 bridgehead atoms. The van der Waals surface area contributed by atoms with E-state index < -0.39 is 0 Å². The molecule has 1 saturated heterocycles. The molecule has 6 heteroatoms. The largest absolute Gasteiger partial charge is 0.379 e. The topological polar surface area (TPSA) is 66.5 Å². The third-order valence-corrected chi connectivity index (χ3v) is 4.54. The Morgan fingerprint density at radius 2 is 1.77 bits per heavy atom. The molecule has 0 aliphatic carbocycles. The quantitative estimate of drug-likeness (QED) is 0.836. The minimum Gasteiger partial charge on any atom is -0.379 e. The molecule has 1 aromatic heterocycles. The van der Waals surface area contributed by atoms with Crippen molar-refractivity contribution < 1.29 is 9.53 Å². The Morgan fingerprint density at radius 1 is 1.12 bits per heavy atom. The molecule has 1 aromatic carbocycles. The maximum Gasteiger partial charge on any atom is 0.315 e. The number of morpholine rings is 1. The van der Waals surface area contributed by atoms with Crippen LogP contribution < -0.4 is 10.6 Å². The second-order valence-corrected chi connectivity index (χ2v) is 6.53. The number of pyridine rings is 1. The second-order valence-electron chi connectivity index (χ2n) is 6.53. The molecular weight excluding hydrogens is 328 g/mol. The van der Waals surface area contributed by atoms with Crippen LogP contribution in [-0.2, 0) is 17.8 Å². The first-order valence-corrected chi connectivity index (χ1v) is 9.03. The Balaban J connectivity index is 1.43. The van der Waals surface area contributed by atoms with Crippen LogP contribution in [-0.4, -0.2) is 42.2 Å². The molecule has 2 N–H and O–H groups in total. The van der Waals surface area contributed by atoms with Crippen molar-refractivity contribution in [1.29, 1.82) is 0 Å². The van der Waals surface area contributed by atoms with Gasteiger partial charge < -0.3 is 15.4 Å². The molecule has 1 atom stereocenters. The van der Waals surface area contributed by atoms with Crippen LogP contribution in [0.25, 0.3) is 0 Å². The number of nitrogens with one attached hydrogen (secondary N) is 2. The SMILES string of the molecule is CC(NC(=O)NCc1ccc(CN2CCOCC2)cc1)c1ccncc1.